The molecule has 3 aromatic rings. The van der Waals surface area contributed by atoms with Crippen LogP contribution >= 0.6 is 0 Å². The predicted molar refractivity (Wildman–Crippen MR) is 142 cm³/mol. The number of aryl methyl sites for hydroxylation is 1. The number of aliphatic imine (C=N–C) groups is 1. The quantitative estimate of drug-likeness (QED) is 0.316. The van der Waals surface area contributed by atoms with Crippen molar-refractivity contribution >= 4 is 17.3 Å². The molecule has 1 saturated carbocycles. The second-order valence-electron chi connectivity index (χ2n) is 10.9. The van der Waals surface area contributed by atoms with Crippen LogP contribution in [0, 0.1) is 5.41 Å². The van der Waals surface area contributed by atoms with Gasteiger partial charge in [0.25, 0.3) is 0 Å². The summed E-state index contributed by atoms with van der Waals surface area (Å²) < 4.78 is 5.50. The Morgan fingerprint density at radius 3 is 2.43 bits per heavy atom. The molecular weight excluding hydrogens is 464 g/mol. The summed E-state index contributed by atoms with van der Waals surface area (Å²) in [7, 11) is 0. The van der Waals surface area contributed by atoms with E-state index in [0.29, 0.717) is 67.0 Å². The molecular formula is C31H32N2O4. The maximum absolute atomic E-state index is 13.4. The van der Waals surface area contributed by atoms with Crippen LogP contribution in [-0.4, -0.2) is 27.5 Å². The SMILES string of the molecule is CC1(C)CC(=O)c2c(CC/C(O)=C3\C(=O)CC(c4ccccc4)CC3=NCc3ccccc3)noc2C1. The highest BCUT2D eigenvalue weighted by Crippen LogP contribution is 2.37. The minimum Gasteiger partial charge on any atom is -0.511 e. The van der Waals surface area contributed by atoms with Gasteiger partial charge in [-0.2, -0.15) is 0 Å². The second kappa shape index (κ2) is 10.3. The van der Waals surface area contributed by atoms with Gasteiger partial charge >= 0.3 is 0 Å². The normalized spacial score (nSPS) is 21.7. The van der Waals surface area contributed by atoms with Gasteiger partial charge in [0.05, 0.1) is 29.1 Å². The molecule has 0 spiro atoms. The summed E-state index contributed by atoms with van der Waals surface area (Å²) in [6.45, 7) is 4.52. The van der Waals surface area contributed by atoms with E-state index in [1.165, 1.54) is 0 Å². The van der Waals surface area contributed by atoms with Crippen molar-refractivity contribution in [1.29, 1.82) is 0 Å². The number of benzene rings is 2. The van der Waals surface area contributed by atoms with Gasteiger partial charge in [-0.15, -0.1) is 0 Å². The molecule has 6 heteroatoms. The number of fused-ring (bicyclic) bond motifs is 1. The number of nitrogens with zero attached hydrogens (tertiary/aromatic N) is 2. The molecule has 0 bridgehead atoms. The molecule has 2 aromatic carbocycles. The van der Waals surface area contributed by atoms with E-state index in [9.17, 15) is 14.7 Å². The van der Waals surface area contributed by atoms with Crippen LogP contribution in [0.4, 0.5) is 0 Å². The highest BCUT2D eigenvalue weighted by Gasteiger charge is 2.37. The van der Waals surface area contributed by atoms with Crippen LogP contribution in [0.25, 0.3) is 0 Å². The van der Waals surface area contributed by atoms with Crippen LogP contribution in [-0.2, 0) is 24.2 Å². The average molecular weight is 497 g/mol. The molecule has 0 radical (unpaired) electrons. The molecule has 1 fully saturated rings. The van der Waals surface area contributed by atoms with Crippen LogP contribution in [0.3, 0.4) is 0 Å². The Bertz CT molecular complexity index is 1370. The Hall–Kier alpha value is -3.80. The first-order valence-corrected chi connectivity index (χ1v) is 12.9. The first-order valence-electron chi connectivity index (χ1n) is 12.9. The largest absolute Gasteiger partial charge is 0.511 e. The zero-order valence-electron chi connectivity index (χ0n) is 21.4. The van der Waals surface area contributed by atoms with Gasteiger partial charge in [-0.05, 0) is 28.9 Å². The van der Waals surface area contributed by atoms with Crippen molar-refractivity contribution in [3.05, 3.63) is 100 Å². The van der Waals surface area contributed by atoms with Crippen molar-refractivity contribution in [3.63, 3.8) is 0 Å². The lowest BCUT2D eigenvalue weighted by Crippen LogP contribution is -2.27. The number of Topliss-reactive ketones (excluding diaryl/α,β-unsaturated/α-hetero) is 2. The fourth-order valence-electron chi connectivity index (χ4n) is 5.45. The molecule has 0 amide bonds. The van der Waals surface area contributed by atoms with Crippen molar-refractivity contribution in [2.75, 3.05) is 0 Å². The maximum Gasteiger partial charge on any atom is 0.168 e. The summed E-state index contributed by atoms with van der Waals surface area (Å²) >= 11 is 0. The zero-order chi connectivity index (χ0) is 26.0. The molecule has 1 aromatic heterocycles. The number of aliphatic hydroxyl groups is 1. The molecule has 6 nitrogen and oxygen atoms in total. The van der Waals surface area contributed by atoms with Crippen molar-refractivity contribution in [2.45, 2.75) is 64.8 Å². The zero-order valence-corrected chi connectivity index (χ0v) is 21.4. The van der Waals surface area contributed by atoms with Crippen LogP contribution < -0.4 is 0 Å². The Morgan fingerprint density at radius 2 is 1.70 bits per heavy atom. The Kier molecular flexibility index (Phi) is 6.92. The van der Waals surface area contributed by atoms with E-state index in [0.717, 1.165) is 11.1 Å². The summed E-state index contributed by atoms with van der Waals surface area (Å²) in [5.41, 5.74) is 4.03. The van der Waals surface area contributed by atoms with E-state index < -0.39 is 0 Å². The Labute approximate surface area is 217 Å². The van der Waals surface area contributed by atoms with Crippen molar-refractivity contribution in [3.8, 4) is 0 Å². The number of ketones is 2. The fourth-order valence-corrected chi connectivity index (χ4v) is 5.45. The number of rotatable bonds is 6. The predicted octanol–water partition coefficient (Wildman–Crippen LogP) is 6.36. The lowest BCUT2D eigenvalue weighted by molar-refractivity contribution is -0.116. The average Bonchev–Trinajstić information content (AvgIpc) is 3.28. The summed E-state index contributed by atoms with van der Waals surface area (Å²) in [6.07, 6.45) is 2.51. The minimum absolute atomic E-state index is 0.00339. The van der Waals surface area contributed by atoms with E-state index in [1.807, 2.05) is 74.5 Å². The van der Waals surface area contributed by atoms with E-state index >= 15 is 0 Å². The van der Waals surface area contributed by atoms with E-state index in [-0.39, 0.29) is 35.1 Å². The van der Waals surface area contributed by atoms with Gasteiger partial charge in [0, 0.05) is 32.1 Å². The van der Waals surface area contributed by atoms with Crippen LogP contribution in [0.2, 0.25) is 0 Å². The lowest BCUT2D eigenvalue weighted by atomic mass is 9.76. The first-order chi connectivity index (χ1) is 17.8. The van der Waals surface area contributed by atoms with Crippen molar-refractivity contribution in [1.82, 2.24) is 5.16 Å². The Morgan fingerprint density at radius 1 is 1.00 bits per heavy atom. The van der Waals surface area contributed by atoms with Gasteiger partial charge < -0.3 is 9.63 Å². The molecule has 37 heavy (non-hydrogen) atoms. The third-order valence-electron chi connectivity index (χ3n) is 7.28. The van der Waals surface area contributed by atoms with Crippen LogP contribution in [0.15, 0.2) is 81.5 Å². The second-order valence-corrected chi connectivity index (χ2v) is 10.9. The molecule has 0 saturated heterocycles. The third-order valence-corrected chi connectivity index (χ3v) is 7.28. The first kappa shape index (κ1) is 24.9. The lowest BCUT2D eigenvalue weighted by Gasteiger charge is -2.27. The fraction of sp³-hybridized carbons (Fsp3) is 0.355. The highest BCUT2D eigenvalue weighted by atomic mass is 16.5. The molecule has 1 heterocycles. The number of hydrogen-bond acceptors (Lipinski definition) is 6. The molecule has 5 rings (SSSR count). The summed E-state index contributed by atoms with van der Waals surface area (Å²) in [5.74, 6) is 0.559. The minimum atomic E-state index is -0.154. The summed E-state index contributed by atoms with van der Waals surface area (Å²) in [4.78, 5) is 31.0. The van der Waals surface area contributed by atoms with Gasteiger partial charge in [-0.1, -0.05) is 79.7 Å². The monoisotopic (exact) mass is 496 g/mol. The molecule has 1 unspecified atom stereocenters. The van der Waals surface area contributed by atoms with Crippen molar-refractivity contribution in [2.24, 2.45) is 10.4 Å². The van der Waals surface area contributed by atoms with Crippen molar-refractivity contribution < 1.29 is 19.2 Å². The number of hydrogen-bond donors (Lipinski definition) is 1. The molecule has 2 aliphatic carbocycles. The standard InChI is InChI=1S/C31H32N2O4/c1-31(2)17-27(36)30-23(33-37-28(30)18-31)13-14-25(34)29-24(32-19-20-9-5-3-6-10-20)15-22(16-26(29)35)21-11-7-4-8-12-21/h3-12,22,34H,13-19H2,1-2H3/b29-25+,32-24?. The Balaban J connectivity index is 1.41. The van der Waals surface area contributed by atoms with Gasteiger partial charge in [0.15, 0.2) is 11.6 Å². The van der Waals surface area contributed by atoms with Gasteiger partial charge in [-0.3, -0.25) is 14.6 Å². The molecule has 1 N–H and O–H groups in total. The smallest absolute Gasteiger partial charge is 0.168 e. The van der Waals surface area contributed by atoms with E-state index in [1.54, 1.807) is 0 Å². The van der Waals surface area contributed by atoms with Gasteiger partial charge in [-0.25, -0.2) is 0 Å². The number of aromatic nitrogens is 1. The van der Waals surface area contributed by atoms with Gasteiger partial charge in [0.2, 0.25) is 0 Å². The number of aliphatic hydroxyl groups excluding tert-OH is 1. The molecule has 2 aliphatic rings. The molecule has 0 aliphatic heterocycles. The molecule has 1 atom stereocenters. The van der Waals surface area contributed by atoms with Gasteiger partial charge in [0.1, 0.15) is 11.5 Å². The van der Waals surface area contributed by atoms with E-state index in [2.05, 4.69) is 5.16 Å². The third kappa shape index (κ3) is 5.48. The van der Waals surface area contributed by atoms with Crippen LogP contribution in [0.5, 0.6) is 0 Å². The van der Waals surface area contributed by atoms with E-state index in [4.69, 9.17) is 9.52 Å². The number of allylic oxidation sites excluding steroid dienone is 2. The highest BCUT2D eigenvalue weighted by molar-refractivity contribution is 6.24. The van der Waals surface area contributed by atoms with Crippen LogP contribution in [0.1, 0.15) is 78.4 Å². The molecule has 190 valence electrons. The maximum atomic E-state index is 13.4. The summed E-state index contributed by atoms with van der Waals surface area (Å²) in [5, 5.41) is 15.3. The topological polar surface area (TPSA) is 92.8 Å². The number of carbonyl (C=O) groups excluding carboxylic acids is 2. The number of carbonyl (C=O) groups is 2. The summed E-state index contributed by atoms with van der Waals surface area (Å²) in [6, 6.07) is 19.9.